The Balaban J connectivity index is 2.70. The van der Waals surface area contributed by atoms with Gasteiger partial charge in [-0.3, -0.25) is 4.79 Å². The van der Waals surface area contributed by atoms with E-state index in [2.05, 4.69) is 4.74 Å². The van der Waals surface area contributed by atoms with E-state index in [0.29, 0.717) is 12.3 Å². The summed E-state index contributed by atoms with van der Waals surface area (Å²) >= 11 is 0. The SMILES string of the molecule is CCC(C)CC(=O)c1ccc(C(=O)OC)o1. The zero-order valence-corrected chi connectivity index (χ0v) is 9.78. The van der Waals surface area contributed by atoms with Crippen molar-refractivity contribution in [3.05, 3.63) is 23.7 Å². The van der Waals surface area contributed by atoms with Crippen molar-refractivity contribution in [1.29, 1.82) is 0 Å². The van der Waals surface area contributed by atoms with Gasteiger partial charge in [-0.25, -0.2) is 4.79 Å². The maximum absolute atomic E-state index is 11.7. The average Bonchev–Trinajstić information content (AvgIpc) is 2.77. The van der Waals surface area contributed by atoms with Crippen LogP contribution in [0.3, 0.4) is 0 Å². The number of ether oxygens (including phenoxy) is 1. The molecule has 0 aliphatic carbocycles. The summed E-state index contributed by atoms with van der Waals surface area (Å²) in [5, 5.41) is 0. The van der Waals surface area contributed by atoms with Gasteiger partial charge in [-0.05, 0) is 18.1 Å². The molecule has 0 aliphatic heterocycles. The van der Waals surface area contributed by atoms with Gasteiger partial charge in [0.25, 0.3) is 0 Å². The van der Waals surface area contributed by atoms with Gasteiger partial charge in [0.15, 0.2) is 11.5 Å². The highest BCUT2D eigenvalue weighted by atomic mass is 16.5. The lowest BCUT2D eigenvalue weighted by molar-refractivity contribution is 0.0563. The van der Waals surface area contributed by atoms with E-state index in [1.54, 1.807) is 0 Å². The summed E-state index contributed by atoms with van der Waals surface area (Å²) in [6.07, 6.45) is 1.38. The van der Waals surface area contributed by atoms with Gasteiger partial charge in [-0.15, -0.1) is 0 Å². The first-order valence-electron chi connectivity index (χ1n) is 5.29. The number of methoxy groups -OCH3 is 1. The van der Waals surface area contributed by atoms with Crippen LogP contribution in [-0.2, 0) is 4.74 Å². The Morgan fingerprint density at radius 3 is 2.56 bits per heavy atom. The van der Waals surface area contributed by atoms with Gasteiger partial charge in [0.2, 0.25) is 5.76 Å². The monoisotopic (exact) mass is 224 g/mol. The van der Waals surface area contributed by atoms with Crippen LogP contribution < -0.4 is 0 Å². The van der Waals surface area contributed by atoms with Crippen molar-refractivity contribution >= 4 is 11.8 Å². The van der Waals surface area contributed by atoms with Gasteiger partial charge in [0.05, 0.1) is 7.11 Å². The fourth-order valence-corrected chi connectivity index (χ4v) is 1.26. The van der Waals surface area contributed by atoms with Crippen LogP contribution in [0.2, 0.25) is 0 Å². The predicted octanol–water partition coefficient (Wildman–Crippen LogP) is 2.69. The van der Waals surface area contributed by atoms with Gasteiger partial charge in [0.1, 0.15) is 0 Å². The van der Waals surface area contributed by atoms with E-state index in [-0.39, 0.29) is 17.3 Å². The molecule has 16 heavy (non-hydrogen) atoms. The van der Waals surface area contributed by atoms with Gasteiger partial charge in [-0.1, -0.05) is 20.3 Å². The summed E-state index contributed by atoms with van der Waals surface area (Å²) in [5.74, 6) is -0.0398. The molecule has 1 heterocycles. The second kappa shape index (κ2) is 5.49. The van der Waals surface area contributed by atoms with E-state index in [9.17, 15) is 9.59 Å². The molecule has 1 aromatic heterocycles. The summed E-state index contributed by atoms with van der Waals surface area (Å²) in [6, 6.07) is 2.96. The summed E-state index contributed by atoms with van der Waals surface area (Å²) in [4.78, 5) is 22.8. The topological polar surface area (TPSA) is 56.5 Å². The number of esters is 1. The summed E-state index contributed by atoms with van der Waals surface area (Å²) in [7, 11) is 1.27. The van der Waals surface area contributed by atoms with Crippen LogP contribution in [0, 0.1) is 5.92 Å². The third-order valence-corrected chi connectivity index (χ3v) is 2.50. The Morgan fingerprint density at radius 2 is 2.00 bits per heavy atom. The molecule has 1 aromatic rings. The van der Waals surface area contributed by atoms with E-state index in [0.717, 1.165) is 6.42 Å². The zero-order chi connectivity index (χ0) is 12.1. The molecule has 0 saturated heterocycles. The molecule has 0 aromatic carbocycles. The lowest BCUT2D eigenvalue weighted by atomic mass is 10.0. The summed E-state index contributed by atoms with van der Waals surface area (Å²) in [5.41, 5.74) is 0. The predicted molar refractivity (Wildman–Crippen MR) is 58.5 cm³/mol. The van der Waals surface area contributed by atoms with Crippen LogP contribution >= 0.6 is 0 Å². The minimum absolute atomic E-state index is 0.0648. The van der Waals surface area contributed by atoms with Crippen molar-refractivity contribution in [2.75, 3.05) is 7.11 Å². The molecule has 0 bridgehead atoms. The Bertz CT molecular complexity index is 378. The molecule has 1 unspecified atom stereocenters. The number of furan rings is 1. The van der Waals surface area contributed by atoms with Gasteiger partial charge < -0.3 is 9.15 Å². The maximum Gasteiger partial charge on any atom is 0.373 e. The second-order valence-corrected chi connectivity index (χ2v) is 3.80. The Hall–Kier alpha value is -1.58. The molecule has 0 saturated carbocycles. The van der Waals surface area contributed by atoms with Crippen molar-refractivity contribution in [2.24, 2.45) is 5.92 Å². The minimum atomic E-state index is -0.567. The third kappa shape index (κ3) is 2.95. The maximum atomic E-state index is 11.7. The molecule has 88 valence electrons. The normalized spacial score (nSPS) is 12.2. The van der Waals surface area contributed by atoms with E-state index >= 15 is 0 Å². The molecular weight excluding hydrogens is 208 g/mol. The van der Waals surface area contributed by atoms with Crippen molar-refractivity contribution in [3.8, 4) is 0 Å². The lowest BCUT2D eigenvalue weighted by Gasteiger charge is -2.04. The fraction of sp³-hybridized carbons (Fsp3) is 0.500. The van der Waals surface area contributed by atoms with Crippen molar-refractivity contribution in [1.82, 2.24) is 0 Å². The van der Waals surface area contributed by atoms with Crippen LogP contribution in [0.4, 0.5) is 0 Å². The van der Waals surface area contributed by atoms with Gasteiger partial charge in [0, 0.05) is 6.42 Å². The van der Waals surface area contributed by atoms with Crippen molar-refractivity contribution < 1.29 is 18.7 Å². The standard InChI is InChI=1S/C12H16O4/c1-4-8(2)7-9(13)10-5-6-11(16-10)12(14)15-3/h5-6,8H,4,7H2,1-3H3. The molecule has 0 amide bonds. The lowest BCUT2D eigenvalue weighted by Crippen LogP contribution is -2.04. The zero-order valence-electron chi connectivity index (χ0n) is 9.78. The van der Waals surface area contributed by atoms with Crippen molar-refractivity contribution in [3.63, 3.8) is 0 Å². The van der Waals surface area contributed by atoms with Gasteiger partial charge in [-0.2, -0.15) is 0 Å². The molecule has 4 nitrogen and oxygen atoms in total. The second-order valence-electron chi connectivity index (χ2n) is 3.80. The number of carbonyl (C=O) groups excluding carboxylic acids is 2. The van der Waals surface area contributed by atoms with Crippen LogP contribution in [0.25, 0.3) is 0 Å². The minimum Gasteiger partial charge on any atom is -0.463 e. The first-order chi connectivity index (χ1) is 7.58. The molecule has 0 spiro atoms. The van der Waals surface area contributed by atoms with E-state index < -0.39 is 5.97 Å². The highest BCUT2D eigenvalue weighted by molar-refractivity contribution is 5.95. The largest absolute Gasteiger partial charge is 0.463 e. The van der Waals surface area contributed by atoms with E-state index in [4.69, 9.17) is 4.42 Å². The van der Waals surface area contributed by atoms with Crippen LogP contribution in [0.1, 0.15) is 47.8 Å². The molecule has 0 radical (unpaired) electrons. The third-order valence-electron chi connectivity index (χ3n) is 2.50. The fourth-order valence-electron chi connectivity index (χ4n) is 1.26. The molecular formula is C12H16O4. The van der Waals surface area contributed by atoms with E-state index in [1.807, 2.05) is 13.8 Å². The quantitative estimate of drug-likeness (QED) is 0.570. The Morgan fingerprint density at radius 1 is 1.38 bits per heavy atom. The van der Waals surface area contributed by atoms with Crippen molar-refractivity contribution in [2.45, 2.75) is 26.7 Å². The highest BCUT2D eigenvalue weighted by Gasteiger charge is 2.17. The number of carbonyl (C=O) groups is 2. The first-order valence-corrected chi connectivity index (χ1v) is 5.29. The number of rotatable bonds is 5. The number of ketones is 1. The Labute approximate surface area is 94.6 Å². The summed E-state index contributed by atoms with van der Waals surface area (Å²) < 4.78 is 9.61. The Kier molecular flexibility index (Phi) is 4.28. The van der Waals surface area contributed by atoms with Crippen LogP contribution in [-0.4, -0.2) is 18.9 Å². The number of Topliss-reactive ketones (excluding diaryl/α,β-unsaturated/α-hetero) is 1. The molecule has 1 atom stereocenters. The average molecular weight is 224 g/mol. The first kappa shape index (κ1) is 12.5. The molecule has 0 aliphatic rings. The highest BCUT2D eigenvalue weighted by Crippen LogP contribution is 2.15. The van der Waals surface area contributed by atoms with E-state index in [1.165, 1.54) is 19.2 Å². The van der Waals surface area contributed by atoms with Crippen LogP contribution in [0.5, 0.6) is 0 Å². The van der Waals surface area contributed by atoms with Crippen LogP contribution in [0.15, 0.2) is 16.5 Å². The molecule has 1 rings (SSSR count). The molecule has 4 heteroatoms. The summed E-state index contributed by atoms with van der Waals surface area (Å²) in [6.45, 7) is 4.03. The van der Waals surface area contributed by atoms with Gasteiger partial charge >= 0.3 is 5.97 Å². The number of hydrogen-bond acceptors (Lipinski definition) is 4. The molecule has 0 N–H and O–H groups in total. The molecule has 0 fully saturated rings. The number of hydrogen-bond donors (Lipinski definition) is 0. The smallest absolute Gasteiger partial charge is 0.373 e.